The highest BCUT2D eigenvalue weighted by Gasteiger charge is 2.53. The minimum Gasteiger partial charge on any atom is -0.459 e. The van der Waals surface area contributed by atoms with Crippen molar-refractivity contribution < 1.29 is 14.0 Å². The van der Waals surface area contributed by atoms with Crippen LogP contribution in [0.5, 0.6) is 0 Å². The smallest absolute Gasteiger partial charge is 0.289 e. The molecule has 2 heterocycles. The first kappa shape index (κ1) is 16.2. The van der Waals surface area contributed by atoms with Gasteiger partial charge in [-0.25, -0.2) is 0 Å². The summed E-state index contributed by atoms with van der Waals surface area (Å²) in [7, 11) is 0. The van der Waals surface area contributed by atoms with Gasteiger partial charge in [-0.1, -0.05) is 23.7 Å². The molecule has 0 unspecified atom stereocenters. The van der Waals surface area contributed by atoms with E-state index in [0.717, 1.165) is 18.4 Å². The van der Waals surface area contributed by atoms with Gasteiger partial charge < -0.3 is 14.2 Å². The number of furan rings is 1. The third-order valence-corrected chi connectivity index (χ3v) is 5.36. The van der Waals surface area contributed by atoms with Crippen LogP contribution in [-0.2, 0) is 10.2 Å². The molecular weight excluding hydrogens is 340 g/mol. The Morgan fingerprint density at radius 3 is 2.32 bits per heavy atom. The van der Waals surface area contributed by atoms with Crippen LogP contribution in [0.4, 0.5) is 0 Å². The van der Waals surface area contributed by atoms with Gasteiger partial charge in [0.05, 0.1) is 11.7 Å². The fourth-order valence-corrected chi connectivity index (χ4v) is 3.70. The molecule has 5 nitrogen and oxygen atoms in total. The summed E-state index contributed by atoms with van der Waals surface area (Å²) in [5.41, 5.74) is 0.581. The Morgan fingerprint density at radius 1 is 1.00 bits per heavy atom. The predicted octanol–water partition coefficient (Wildman–Crippen LogP) is 2.95. The predicted molar refractivity (Wildman–Crippen MR) is 93.6 cm³/mol. The molecule has 0 radical (unpaired) electrons. The van der Waals surface area contributed by atoms with Crippen molar-refractivity contribution in [3.05, 3.63) is 59.0 Å². The van der Waals surface area contributed by atoms with Crippen LogP contribution < -0.4 is 0 Å². The summed E-state index contributed by atoms with van der Waals surface area (Å²) in [5, 5.41) is 0.658. The maximum absolute atomic E-state index is 13.1. The zero-order valence-electron chi connectivity index (χ0n) is 13.8. The van der Waals surface area contributed by atoms with Crippen LogP contribution in [0, 0.1) is 0 Å². The highest BCUT2D eigenvalue weighted by atomic mass is 35.5. The monoisotopic (exact) mass is 358 g/mol. The lowest BCUT2D eigenvalue weighted by atomic mass is 9.94. The maximum atomic E-state index is 13.1. The molecule has 1 aromatic heterocycles. The number of benzene rings is 1. The van der Waals surface area contributed by atoms with Crippen molar-refractivity contribution in [3.8, 4) is 0 Å². The van der Waals surface area contributed by atoms with Gasteiger partial charge in [-0.05, 0) is 42.7 Å². The van der Waals surface area contributed by atoms with E-state index in [2.05, 4.69) is 0 Å². The molecule has 0 spiro atoms. The first-order valence-electron chi connectivity index (χ1n) is 8.48. The summed E-state index contributed by atoms with van der Waals surface area (Å²) < 4.78 is 5.17. The molecule has 4 rings (SSSR count). The summed E-state index contributed by atoms with van der Waals surface area (Å²) in [6, 6.07) is 11.0. The van der Waals surface area contributed by atoms with Gasteiger partial charge in [0.1, 0.15) is 0 Å². The zero-order valence-corrected chi connectivity index (χ0v) is 14.5. The van der Waals surface area contributed by atoms with Gasteiger partial charge in [0.25, 0.3) is 5.91 Å². The van der Waals surface area contributed by atoms with Crippen molar-refractivity contribution in [3.63, 3.8) is 0 Å². The second-order valence-corrected chi connectivity index (χ2v) is 7.09. The normalized spacial score (nSPS) is 18.9. The lowest BCUT2D eigenvalue weighted by molar-refractivity contribution is -0.135. The standard InChI is InChI=1S/C19H19ClN2O3/c20-15-4-1-3-14(13-15)19(6-7-19)18(24)22-10-8-21(9-11-22)17(23)16-5-2-12-25-16/h1-5,12-13H,6-11H2. The van der Waals surface area contributed by atoms with Gasteiger partial charge in [0.2, 0.25) is 5.91 Å². The third kappa shape index (κ3) is 2.93. The molecule has 1 aromatic carbocycles. The van der Waals surface area contributed by atoms with Gasteiger partial charge in [0, 0.05) is 31.2 Å². The summed E-state index contributed by atoms with van der Waals surface area (Å²) in [6.45, 7) is 2.15. The Labute approximate surface area is 151 Å². The Balaban J connectivity index is 1.42. The van der Waals surface area contributed by atoms with Crippen LogP contribution in [0.25, 0.3) is 0 Å². The number of amides is 2. The van der Waals surface area contributed by atoms with Crippen molar-refractivity contribution in [2.45, 2.75) is 18.3 Å². The van der Waals surface area contributed by atoms with Gasteiger partial charge >= 0.3 is 0 Å². The summed E-state index contributed by atoms with van der Waals surface area (Å²) in [4.78, 5) is 29.0. The molecule has 1 saturated heterocycles. The van der Waals surface area contributed by atoms with Crippen LogP contribution in [0.3, 0.4) is 0 Å². The molecule has 0 atom stereocenters. The average Bonchev–Trinajstić information content (AvgIpc) is 3.27. The number of hydrogen-bond acceptors (Lipinski definition) is 3. The number of carbonyl (C=O) groups is 2. The number of rotatable bonds is 3. The van der Waals surface area contributed by atoms with E-state index in [-0.39, 0.29) is 11.8 Å². The maximum Gasteiger partial charge on any atom is 0.289 e. The van der Waals surface area contributed by atoms with Crippen molar-refractivity contribution in [1.82, 2.24) is 9.80 Å². The molecule has 1 aliphatic carbocycles. The Bertz CT molecular complexity index is 791. The highest BCUT2D eigenvalue weighted by molar-refractivity contribution is 6.30. The van der Waals surface area contributed by atoms with Crippen molar-refractivity contribution >= 4 is 23.4 Å². The lowest BCUT2D eigenvalue weighted by Gasteiger charge is -2.36. The molecule has 2 fully saturated rings. The van der Waals surface area contributed by atoms with E-state index < -0.39 is 5.41 Å². The summed E-state index contributed by atoms with van der Waals surface area (Å²) in [6.07, 6.45) is 3.21. The van der Waals surface area contributed by atoms with Crippen LogP contribution >= 0.6 is 11.6 Å². The summed E-state index contributed by atoms with van der Waals surface area (Å²) >= 11 is 6.09. The molecule has 2 aromatic rings. The van der Waals surface area contributed by atoms with E-state index >= 15 is 0 Å². The van der Waals surface area contributed by atoms with Gasteiger partial charge in [-0.3, -0.25) is 9.59 Å². The molecule has 1 aliphatic heterocycles. The van der Waals surface area contributed by atoms with Crippen LogP contribution in [0.15, 0.2) is 47.1 Å². The molecule has 2 aliphatic rings. The van der Waals surface area contributed by atoms with Crippen LogP contribution in [0.2, 0.25) is 5.02 Å². The molecule has 1 saturated carbocycles. The third-order valence-electron chi connectivity index (χ3n) is 5.12. The first-order chi connectivity index (χ1) is 12.1. The molecule has 0 N–H and O–H groups in total. The number of carbonyl (C=O) groups excluding carboxylic acids is 2. The highest BCUT2D eigenvalue weighted by Crippen LogP contribution is 2.50. The van der Waals surface area contributed by atoms with E-state index in [1.54, 1.807) is 17.0 Å². The first-order valence-corrected chi connectivity index (χ1v) is 8.86. The second kappa shape index (κ2) is 6.23. The fraction of sp³-hybridized carbons (Fsp3) is 0.368. The minimum absolute atomic E-state index is 0.118. The van der Waals surface area contributed by atoms with Crippen molar-refractivity contribution in [2.75, 3.05) is 26.2 Å². The number of hydrogen-bond donors (Lipinski definition) is 0. The van der Waals surface area contributed by atoms with Gasteiger partial charge in [-0.15, -0.1) is 0 Å². The van der Waals surface area contributed by atoms with Gasteiger partial charge in [0.15, 0.2) is 5.76 Å². The molecule has 2 amide bonds. The average molecular weight is 359 g/mol. The van der Waals surface area contributed by atoms with E-state index in [4.69, 9.17) is 16.0 Å². The lowest BCUT2D eigenvalue weighted by Crippen LogP contribution is -2.52. The Hall–Kier alpha value is -2.27. The number of nitrogens with zero attached hydrogens (tertiary/aromatic N) is 2. The zero-order chi connectivity index (χ0) is 17.4. The Kier molecular flexibility index (Phi) is 4.04. The van der Waals surface area contributed by atoms with Crippen LogP contribution in [0.1, 0.15) is 29.0 Å². The molecular formula is C19H19ClN2O3. The van der Waals surface area contributed by atoms with E-state index in [9.17, 15) is 9.59 Å². The Morgan fingerprint density at radius 2 is 1.72 bits per heavy atom. The molecule has 0 bridgehead atoms. The van der Waals surface area contributed by atoms with Crippen molar-refractivity contribution in [1.29, 1.82) is 0 Å². The molecule has 130 valence electrons. The van der Waals surface area contributed by atoms with Crippen molar-refractivity contribution in [2.24, 2.45) is 0 Å². The SMILES string of the molecule is O=C(c1ccco1)N1CCN(C(=O)C2(c3cccc(Cl)c3)CC2)CC1. The van der Waals surface area contributed by atoms with E-state index in [1.807, 2.05) is 29.2 Å². The van der Waals surface area contributed by atoms with E-state index in [0.29, 0.717) is 37.0 Å². The fourth-order valence-electron chi connectivity index (χ4n) is 3.51. The number of piperazine rings is 1. The minimum atomic E-state index is -0.419. The number of halogens is 1. The second-order valence-electron chi connectivity index (χ2n) is 6.65. The topological polar surface area (TPSA) is 53.8 Å². The quantitative estimate of drug-likeness (QED) is 0.847. The largest absolute Gasteiger partial charge is 0.459 e. The van der Waals surface area contributed by atoms with Crippen LogP contribution in [-0.4, -0.2) is 47.8 Å². The van der Waals surface area contributed by atoms with Gasteiger partial charge in [-0.2, -0.15) is 0 Å². The molecule has 25 heavy (non-hydrogen) atoms. The van der Waals surface area contributed by atoms with E-state index in [1.165, 1.54) is 6.26 Å². The molecule has 6 heteroatoms. The summed E-state index contributed by atoms with van der Waals surface area (Å²) in [5.74, 6) is 0.380.